The number of allylic oxidation sites excluding steroid dienone is 1. The second-order valence-electron chi connectivity index (χ2n) is 3.57. The Labute approximate surface area is 100 Å². The number of hydrogen-bond acceptors (Lipinski definition) is 4. The van der Waals surface area contributed by atoms with Crippen molar-refractivity contribution in [3.8, 4) is 5.75 Å². The zero-order valence-corrected chi connectivity index (χ0v) is 9.72. The Morgan fingerprint density at radius 1 is 1.41 bits per heavy atom. The molecule has 0 saturated heterocycles. The topological polar surface area (TPSA) is 66.8 Å². The van der Waals surface area contributed by atoms with Crippen LogP contribution < -0.4 is 0 Å². The monoisotopic (exact) mass is 236 g/mol. The van der Waals surface area contributed by atoms with Crippen LogP contribution in [0.25, 0.3) is 0 Å². The molecule has 0 aliphatic heterocycles. The van der Waals surface area contributed by atoms with Crippen molar-refractivity contribution in [1.82, 2.24) is 0 Å². The number of phenolic OH excluding ortho intramolecular Hbond substituents is 1. The third kappa shape index (κ3) is 4.28. The number of carbonyl (C=O) groups excluding carboxylic acids is 1. The Balaban J connectivity index is 2.79. The number of ether oxygens (including phenoxy) is 1. The minimum absolute atomic E-state index is 0.0252. The van der Waals surface area contributed by atoms with Crippen LogP contribution in [-0.2, 0) is 22.4 Å². The maximum atomic E-state index is 11.1. The van der Waals surface area contributed by atoms with Gasteiger partial charge in [0.05, 0.1) is 20.1 Å². The molecule has 0 radical (unpaired) electrons. The number of hydrogen-bond donors (Lipinski definition) is 2. The molecule has 0 spiro atoms. The van der Waals surface area contributed by atoms with E-state index in [1.807, 2.05) is 0 Å². The molecule has 0 unspecified atom stereocenters. The van der Waals surface area contributed by atoms with Crippen LogP contribution in [0.2, 0.25) is 0 Å². The number of benzene rings is 1. The van der Waals surface area contributed by atoms with E-state index in [2.05, 4.69) is 4.74 Å². The van der Waals surface area contributed by atoms with Gasteiger partial charge in [0.2, 0.25) is 0 Å². The predicted octanol–water partition coefficient (Wildman–Crippen LogP) is 1.20. The molecule has 4 heteroatoms. The highest BCUT2D eigenvalue weighted by atomic mass is 16.5. The maximum absolute atomic E-state index is 11.1. The lowest BCUT2D eigenvalue weighted by Crippen LogP contribution is -2.04. The highest BCUT2D eigenvalue weighted by Gasteiger charge is 2.06. The highest BCUT2D eigenvalue weighted by molar-refractivity contribution is 5.72. The summed E-state index contributed by atoms with van der Waals surface area (Å²) in [7, 11) is 1.34. The van der Waals surface area contributed by atoms with Crippen molar-refractivity contribution in [2.24, 2.45) is 0 Å². The van der Waals surface area contributed by atoms with Crippen LogP contribution in [0.5, 0.6) is 5.75 Å². The van der Waals surface area contributed by atoms with Crippen molar-refractivity contribution < 1.29 is 19.7 Å². The number of carbonyl (C=O) groups is 1. The summed E-state index contributed by atoms with van der Waals surface area (Å²) in [5.74, 6) is -0.131. The van der Waals surface area contributed by atoms with Crippen LogP contribution in [-0.4, -0.2) is 29.9 Å². The maximum Gasteiger partial charge on any atom is 0.309 e. The fourth-order valence-corrected chi connectivity index (χ4v) is 1.44. The first-order valence-electron chi connectivity index (χ1n) is 5.30. The van der Waals surface area contributed by atoms with Gasteiger partial charge in [-0.3, -0.25) is 4.79 Å². The van der Waals surface area contributed by atoms with Crippen LogP contribution in [0, 0.1) is 0 Å². The molecule has 2 N–H and O–H groups in total. The fourth-order valence-electron chi connectivity index (χ4n) is 1.44. The first-order valence-corrected chi connectivity index (χ1v) is 5.30. The molecule has 4 nitrogen and oxygen atoms in total. The molecule has 0 aromatic heterocycles. The molecule has 0 aliphatic carbocycles. The summed E-state index contributed by atoms with van der Waals surface area (Å²) in [5.41, 5.74) is 1.51. The van der Waals surface area contributed by atoms with Gasteiger partial charge in [-0.15, -0.1) is 0 Å². The van der Waals surface area contributed by atoms with Crippen LogP contribution in [0.15, 0.2) is 30.4 Å². The third-order valence-corrected chi connectivity index (χ3v) is 2.33. The molecule has 0 amide bonds. The molecule has 17 heavy (non-hydrogen) atoms. The van der Waals surface area contributed by atoms with Crippen molar-refractivity contribution in [1.29, 1.82) is 0 Å². The van der Waals surface area contributed by atoms with E-state index in [1.165, 1.54) is 7.11 Å². The van der Waals surface area contributed by atoms with E-state index >= 15 is 0 Å². The minimum atomic E-state index is -0.312. The third-order valence-electron chi connectivity index (χ3n) is 2.33. The van der Waals surface area contributed by atoms with Crippen LogP contribution in [0.4, 0.5) is 0 Å². The van der Waals surface area contributed by atoms with E-state index in [0.29, 0.717) is 6.42 Å². The van der Waals surface area contributed by atoms with Gasteiger partial charge in [0.15, 0.2) is 0 Å². The number of esters is 1. The standard InChI is InChI=1S/C13H16O4/c1-17-13(16)9-10-5-6-12(15)11(8-10)4-2-3-7-14/h2-3,5-6,8,14-15H,4,7,9H2,1H3. The molecule has 0 fully saturated rings. The van der Waals surface area contributed by atoms with Gasteiger partial charge >= 0.3 is 5.97 Å². The molecule has 1 aromatic carbocycles. The second-order valence-corrected chi connectivity index (χ2v) is 3.57. The molecule has 0 aliphatic rings. The highest BCUT2D eigenvalue weighted by Crippen LogP contribution is 2.20. The van der Waals surface area contributed by atoms with Crippen molar-refractivity contribution in [2.75, 3.05) is 13.7 Å². The summed E-state index contributed by atoms with van der Waals surface area (Å²) in [5, 5.41) is 18.2. The number of aliphatic hydroxyl groups excluding tert-OH is 1. The smallest absolute Gasteiger partial charge is 0.309 e. The van der Waals surface area contributed by atoms with Crippen molar-refractivity contribution in [3.05, 3.63) is 41.5 Å². The molecule has 1 aromatic rings. The van der Waals surface area contributed by atoms with Gasteiger partial charge in [-0.25, -0.2) is 0 Å². The van der Waals surface area contributed by atoms with E-state index in [9.17, 15) is 9.90 Å². The van der Waals surface area contributed by atoms with E-state index in [4.69, 9.17) is 5.11 Å². The summed E-state index contributed by atoms with van der Waals surface area (Å²) in [6, 6.07) is 5.00. The second kappa shape index (κ2) is 6.70. The average Bonchev–Trinajstić information content (AvgIpc) is 2.33. The summed E-state index contributed by atoms with van der Waals surface area (Å²) < 4.78 is 4.57. The Bertz CT molecular complexity index is 410. The predicted molar refractivity (Wildman–Crippen MR) is 63.8 cm³/mol. The minimum Gasteiger partial charge on any atom is -0.508 e. The molecule has 1 rings (SSSR count). The summed E-state index contributed by atoms with van der Waals surface area (Å²) >= 11 is 0. The number of aromatic hydroxyl groups is 1. The molecular weight excluding hydrogens is 220 g/mol. The molecule has 0 heterocycles. The summed E-state index contributed by atoms with van der Waals surface area (Å²) in [6.45, 7) is -0.0252. The SMILES string of the molecule is COC(=O)Cc1ccc(O)c(CC=CCO)c1. The van der Waals surface area contributed by atoms with E-state index in [0.717, 1.165) is 11.1 Å². The quantitative estimate of drug-likeness (QED) is 0.595. The Kier molecular flexibility index (Phi) is 5.23. The van der Waals surface area contributed by atoms with Crippen molar-refractivity contribution >= 4 is 5.97 Å². The largest absolute Gasteiger partial charge is 0.508 e. The normalized spacial score (nSPS) is 10.7. The van der Waals surface area contributed by atoms with Crippen molar-refractivity contribution in [3.63, 3.8) is 0 Å². The zero-order chi connectivity index (χ0) is 12.7. The van der Waals surface area contributed by atoms with Gasteiger partial charge in [0, 0.05) is 0 Å². The van der Waals surface area contributed by atoms with Crippen LogP contribution in [0.1, 0.15) is 11.1 Å². The van der Waals surface area contributed by atoms with E-state index < -0.39 is 0 Å². The Morgan fingerprint density at radius 2 is 2.18 bits per heavy atom. The molecule has 0 bridgehead atoms. The van der Waals surface area contributed by atoms with Crippen LogP contribution >= 0.6 is 0 Å². The van der Waals surface area contributed by atoms with Gasteiger partial charge < -0.3 is 14.9 Å². The number of methoxy groups -OCH3 is 1. The van der Waals surface area contributed by atoms with E-state index in [1.54, 1.807) is 30.4 Å². The van der Waals surface area contributed by atoms with Gasteiger partial charge in [-0.2, -0.15) is 0 Å². The molecule has 0 atom stereocenters. The average molecular weight is 236 g/mol. The lowest BCUT2D eigenvalue weighted by atomic mass is 10.0. The van der Waals surface area contributed by atoms with Crippen molar-refractivity contribution in [2.45, 2.75) is 12.8 Å². The molecular formula is C13H16O4. The summed E-state index contributed by atoms with van der Waals surface area (Å²) in [4.78, 5) is 11.1. The first-order chi connectivity index (χ1) is 8.17. The number of rotatable bonds is 5. The molecule has 92 valence electrons. The van der Waals surface area contributed by atoms with Gasteiger partial charge in [0.25, 0.3) is 0 Å². The van der Waals surface area contributed by atoms with E-state index in [-0.39, 0.29) is 24.7 Å². The van der Waals surface area contributed by atoms with Gasteiger partial charge in [-0.1, -0.05) is 24.3 Å². The lowest BCUT2D eigenvalue weighted by molar-refractivity contribution is -0.139. The lowest BCUT2D eigenvalue weighted by Gasteiger charge is -2.05. The Hall–Kier alpha value is -1.81. The molecule has 0 saturated carbocycles. The summed E-state index contributed by atoms with van der Waals surface area (Å²) in [6.07, 6.45) is 4.07. The first kappa shape index (κ1) is 13.3. The Morgan fingerprint density at radius 3 is 2.82 bits per heavy atom. The van der Waals surface area contributed by atoms with Gasteiger partial charge in [0.1, 0.15) is 5.75 Å². The zero-order valence-electron chi connectivity index (χ0n) is 9.72. The number of phenols is 1. The van der Waals surface area contributed by atoms with Crippen LogP contribution in [0.3, 0.4) is 0 Å². The fraction of sp³-hybridized carbons (Fsp3) is 0.308. The number of aliphatic hydroxyl groups is 1. The van der Waals surface area contributed by atoms with Gasteiger partial charge in [-0.05, 0) is 23.6 Å².